The highest BCUT2D eigenvalue weighted by atomic mass is 79.9. The molecule has 0 bridgehead atoms. The van der Waals surface area contributed by atoms with Crippen LogP contribution in [-0.4, -0.2) is 15.0 Å². The molecule has 0 saturated heterocycles. The van der Waals surface area contributed by atoms with Crippen LogP contribution in [0.15, 0.2) is 45.8 Å². The standard InChI is InChI=1S/C16H15BrClNO2S/c1-11-4-2-5-12-6-3-9-19(16(11)12)22(20,21)13-7-8-15(18)14(17)10-13/h2,4-5,7-8,10H,3,6,9H2,1H3. The van der Waals surface area contributed by atoms with E-state index >= 15 is 0 Å². The van der Waals surface area contributed by atoms with Crippen molar-refractivity contribution in [1.29, 1.82) is 0 Å². The van der Waals surface area contributed by atoms with Crippen LogP contribution in [0.1, 0.15) is 17.5 Å². The minimum Gasteiger partial charge on any atom is -0.266 e. The Morgan fingerprint density at radius 1 is 1.23 bits per heavy atom. The summed E-state index contributed by atoms with van der Waals surface area (Å²) in [5, 5.41) is 0.495. The van der Waals surface area contributed by atoms with E-state index in [-0.39, 0.29) is 4.90 Å². The molecule has 0 radical (unpaired) electrons. The second-order valence-electron chi connectivity index (χ2n) is 5.34. The minimum atomic E-state index is -3.59. The first kappa shape index (κ1) is 15.8. The van der Waals surface area contributed by atoms with Gasteiger partial charge in [-0.05, 0) is 65.0 Å². The molecule has 0 atom stereocenters. The second-order valence-corrected chi connectivity index (χ2v) is 8.46. The van der Waals surface area contributed by atoms with Crippen molar-refractivity contribution >= 4 is 43.2 Å². The number of benzene rings is 2. The highest BCUT2D eigenvalue weighted by molar-refractivity contribution is 9.10. The SMILES string of the molecule is Cc1cccc2c1N(S(=O)(=O)c1ccc(Cl)c(Br)c1)CCC2. The number of halogens is 2. The van der Waals surface area contributed by atoms with Crippen molar-refractivity contribution in [3.8, 4) is 0 Å². The van der Waals surface area contributed by atoms with Crippen molar-refractivity contribution in [2.24, 2.45) is 0 Å². The Morgan fingerprint density at radius 3 is 2.73 bits per heavy atom. The van der Waals surface area contributed by atoms with Gasteiger partial charge in [-0.2, -0.15) is 0 Å². The summed E-state index contributed by atoms with van der Waals surface area (Å²) in [5.74, 6) is 0. The van der Waals surface area contributed by atoms with Crippen LogP contribution < -0.4 is 4.31 Å². The molecule has 3 nitrogen and oxygen atoms in total. The van der Waals surface area contributed by atoms with Gasteiger partial charge in [-0.3, -0.25) is 4.31 Å². The molecule has 0 aromatic heterocycles. The lowest BCUT2D eigenvalue weighted by atomic mass is 10.0. The van der Waals surface area contributed by atoms with Gasteiger partial charge in [0.15, 0.2) is 0 Å². The average molecular weight is 401 g/mol. The number of rotatable bonds is 2. The van der Waals surface area contributed by atoms with Crippen LogP contribution in [-0.2, 0) is 16.4 Å². The predicted molar refractivity (Wildman–Crippen MR) is 93.2 cm³/mol. The zero-order chi connectivity index (χ0) is 15.9. The molecule has 0 fully saturated rings. The van der Waals surface area contributed by atoms with E-state index in [4.69, 9.17) is 11.6 Å². The molecule has 3 rings (SSSR count). The number of aryl methyl sites for hydroxylation is 2. The largest absolute Gasteiger partial charge is 0.266 e. The molecule has 1 aliphatic rings. The third-order valence-corrected chi connectivity index (χ3v) is 6.87. The average Bonchev–Trinajstić information content (AvgIpc) is 2.49. The minimum absolute atomic E-state index is 0.250. The number of anilines is 1. The first-order valence-electron chi connectivity index (χ1n) is 6.97. The maximum atomic E-state index is 13.0. The zero-order valence-electron chi connectivity index (χ0n) is 12.0. The number of fused-ring (bicyclic) bond motifs is 1. The van der Waals surface area contributed by atoms with Gasteiger partial charge in [-0.15, -0.1) is 0 Å². The molecule has 0 spiro atoms. The number of sulfonamides is 1. The fraction of sp³-hybridized carbons (Fsp3) is 0.250. The highest BCUT2D eigenvalue weighted by Gasteiger charge is 2.30. The van der Waals surface area contributed by atoms with Gasteiger partial charge in [0.25, 0.3) is 10.0 Å². The van der Waals surface area contributed by atoms with Gasteiger partial charge in [0, 0.05) is 11.0 Å². The lowest BCUT2D eigenvalue weighted by Crippen LogP contribution is -2.36. The molecule has 1 heterocycles. The maximum absolute atomic E-state index is 13.0. The van der Waals surface area contributed by atoms with Crippen molar-refractivity contribution in [3.05, 3.63) is 57.0 Å². The summed E-state index contributed by atoms with van der Waals surface area (Å²) in [6, 6.07) is 10.6. The van der Waals surface area contributed by atoms with Crippen LogP contribution in [0, 0.1) is 6.92 Å². The van der Waals surface area contributed by atoms with Crippen LogP contribution in [0.4, 0.5) is 5.69 Å². The van der Waals surface area contributed by atoms with Gasteiger partial charge < -0.3 is 0 Å². The smallest absolute Gasteiger partial charge is 0.264 e. The number of para-hydroxylation sites is 1. The summed E-state index contributed by atoms with van der Waals surface area (Å²) >= 11 is 9.26. The molecule has 0 aliphatic carbocycles. The van der Waals surface area contributed by atoms with Crippen molar-refractivity contribution in [1.82, 2.24) is 0 Å². The fourth-order valence-corrected chi connectivity index (χ4v) is 5.09. The lowest BCUT2D eigenvalue weighted by molar-refractivity contribution is 0.586. The second kappa shape index (κ2) is 5.87. The fourth-order valence-electron chi connectivity index (χ4n) is 2.81. The molecule has 22 heavy (non-hydrogen) atoms. The highest BCUT2D eigenvalue weighted by Crippen LogP contribution is 2.35. The quantitative estimate of drug-likeness (QED) is 0.741. The Hall–Kier alpha value is -1.04. The van der Waals surface area contributed by atoms with E-state index in [1.807, 2.05) is 25.1 Å². The van der Waals surface area contributed by atoms with Crippen LogP contribution in [0.5, 0.6) is 0 Å². The van der Waals surface area contributed by atoms with E-state index < -0.39 is 10.0 Å². The molecule has 0 N–H and O–H groups in total. The monoisotopic (exact) mass is 399 g/mol. The molecule has 116 valence electrons. The molecule has 2 aromatic carbocycles. The Bertz CT molecular complexity index is 836. The van der Waals surface area contributed by atoms with E-state index in [0.717, 1.165) is 29.7 Å². The van der Waals surface area contributed by atoms with Crippen molar-refractivity contribution in [2.75, 3.05) is 10.8 Å². The van der Waals surface area contributed by atoms with Crippen molar-refractivity contribution in [2.45, 2.75) is 24.7 Å². The normalized spacial score (nSPS) is 14.8. The topological polar surface area (TPSA) is 37.4 Å². The maximum Gasteiger partial charge on any atom is 0.264 e. The summed E-state index contributed by atoms with van der Waals surface area (Å²) in [6.07, 6.45) is 1.73. The zero-order valence-corrected chi connectivity index (χ0v) is 15.2. The molecule has 0 amide bonds. The van der Waals surface area contributed by atoms with Gasteiger partial charge in [-0.1, -0.05) is 29.8 Å². The van der Waals surface area contributed by atoms with E-state index in [0.29, 0.717) is 16.0 Å². The Labute approximate surface area is 144 Å². The summed E-state index contributed by atoms with van der Waals surface area (Å²) in [6.45, 7) is 2.45. The van der Waals surface area contributed by atoms with Crippen molar-refractivity contribution < 1.29 is 8.42 Å². The van der Waals surface area contributed by atoms with Gasteiger partial charge >= 0.3 is 0 Å². The molecular formula is C16H15BrClNO2S. The molecular weight excluding hydrogens is 386 g/mol. The first-order chi connectivity index (χ1) is 10.4. The van der Waals surface area contributed by atoms with E-state index in [1.165, 1.54) is 4.31 Å². The summed E-state index contributed by atoms with van der Waals surface area (Å²) < 4.78 is 28.2. The van der Waals surface area contributed by atoms with E-state index in [9.17, 15) is 8.42 Å². The summed E-state index contributed by atoms with van der Waals surface area (Å²) in [4.78, 5) is 0.250. The molecule has 2 aromatic rings. The first-order valence-corrected chi connectivity index (χ1v) is 9.58. The van der Waals surface area contributed by atoms with Gasteiger partial charge in [0.2, 0.25) is 0 Å². The lowest BCUT2D eigenvalue weighted by Gasteiger charge is -2.32. The van der Waals surface area contributed by atoms with Gasteiger partial charge in [0.05, 0.1) is 15.6 Å². The van der Waals surface area contributed by atoms with Crippen molar-refractivity contribution in [3.63, 3.8) is 0 Å². The predicted octanol–water partition coefficient (Wildman–Crippen LogP) is 4.55. The molecule has 6 heteroatoms. The Morgan fingerprint density at radius 2 is 2.00 bits per heavy atom. The number of nitrogens with zero attached hydrogens (tertiary/aromatic N) is 1. The molecule has 0 saturated carbocycles. The van der Waals surface area contributed by atoms with Crippen LogP contribution in [0.3, 0.4) is 0 Å². The summed E-state index contributed by atoms with van der Waals surface area (Å²) in [7, 11) is -3.59. The Kier molecular flexibility index (Phi) is 4.23. The third-order valence-electron chi connectivity index (χ3n) is 3.86. The van der Waals surface area contributed by atoms with Crippen LogP contribution in [0.25, 0.3) is 0 Å². The van der Waals surface area contributed by atoms with E-state index in [1.54, 1.807) is 18.2 Å². The van der Waals surface area contributed by atoms with Crippen LogP contribution in [0.2, 0.25) is 5.02 Å². The van der Waals surface area contributed by atoms with Gasteiger partial charge in [0.1, 0.15) is 0 Å². The third kappa shape index (κ3) is 2.66. The summed E-state index contributed by atoms with van der Waals surface area (Å²) in [5.41, 5.74) is 2.89. The van der Waals surface area contributed by atoms with Crippen LogP contribution >= 0.6 is 27.5 Å². The van der Waals surface area contributed by atoms with Gasteiger partial charge in [-0.25, -0.2) is 8.42 Å². The number of hydrogen-bond acceptors (Lipinski definition) is 2. The van der Waals surface area contributed by atoms with E-state index in [2.05, 4.69) is 15.9 Å². The number of hydrogen-bond donors (Lipinski definition) is 0. The molecule has 1 aliphatic heterocycles. The Balaban J connectivity index is 2.13. The molecule has 0 unspecified atom stereocenters.